The van der Waals surface area contributed by atoms with Gasteiger partial charge in [0.2, 0.25) is 0 Å². The summed E-state index contributed by atoms with van der Waals surface area (Å²) < 4.78 is 20.4. The topological polar surface area (TPSA) is 88.4 Å². The van der Waals surface area contributed by atoms with Crippen molar-refractivity contribution in [2.45, 2.75) is 219 Å². The van der Waals surface area contributed by atoms with Crippen molar-refractivity contribution in [3.05, 3.63) is 0 Å². The fraction of sp³-hybridized carbons (Fsp3) is 1.00. The Bertz CT molecular complexity index is 677. The summed E-state index contributed by atoms with van der Waals surface area (Å²) >= 11 is 0. The fourth-order valence-corrected chi connectivity index (χ4v) is 6.71. The Morgan fingerprint density at radius 1 is 0.409 bits per heavy atom. The quantitative estimate of drug-likeness (QED) is 0.0798. The number of rotatable bonds is 28. The third-order valence-corrected chi connectivity index (χ3v) is 12.3. The summed E-state index contributed by atoms with van der Waals surface area (Å²) in [5.74, 6) is 0.149. The first-order valence-corrected chi connectivity index (χ1v) is 18.7. The normalized spacial score (nSPS) is 15.3. The average molecular weight is 631 g/mol. The molecule has 0 amide bonds. The number of aliphatic hydroxyl groups is 3. The van der Waals surface area contributed by atoms with Crippen LogP contribution in [0.25, 0.3) is 0 Å². The van der Waals surface area contributed by atoms with Gasteiger partial charge in [-0.1, -0.05) is 76.2 Å². The predicted octanol–water partition coefficient (Wildman–Crippen LogP) is 9.54. The lowest BCUT2D eigenvalue weighted by molar-refractivity contribution is -0.161. The number of hydrogen-bond donors (Lipinski definition) is 3. The molecule has 0 heterocycles. The summed E-state index contributed by atoms with van der Waals surface area (Å²) in [6.07, 6.45) is 12.3. The summed E-state index contributed by atoms with van der Waals surface area (Å²) in [7, 11) is 0. The maximum atomic E-state index is 11.0. The lowest BCUT2D eigenvalue weighted by Gasteiger charge is -2.47. The summed E-state index contributed by atoms with van der Waals surface area (Å²) in [6.45, 7) is 27.2. The molecule has 0 aromatic heterocycles. The lowest BCUT2D eigenvalue weighted by Crippen LogP contribution is -2.49. The molecule has 1 unspecified atom stereocenters. The Labute approximate surface area is 274 Å². The maximum absolute atomic E-state index is 11.0. The zero-order valence-corrected chi connectivity index (χ0v) is 31.6. The van der Waals surface area contributed by atoms with Crippen LogP contribution < -0.4 is 0 Å². The van der Waals surface area contributed by atoms with E-state index in [0.29, 0.717) is 51.9 Å². The standard InChI is InChI=1S/C38H78O6/c1-13-33(12,42-27-24-34(39,14-2)15-3)32(30-37(20-8,21-9)43-28-25-35(40,16-4)17-5)31-38(22-10,23-11)44-29-26-36(41,18-6)19-7/h32,39-41H,13-31H2,1-12H3. The predicted molar refractivity (Wildman–Crippen MR) is 186 cm³/mol. The Hall–Kier alpha value is -0.240. The van der Waals surface area contributed by atoms with Gasteiger partial charge in [-0.25, -0.2) is 0 Å². The minimum atomic E-state index is -0.700. The first-order chi connectivity index (χ1) is 20.6. The molecule has 0 spiro atoms. The van der Waals surface area contributed by atoms with E-state index >= 15 is 0 Å². The molecule has 3 N–H and O–H groups in total. The van der Waals surface area contributed by atoms with Crippen LogP contribution in [0, 0.1) is 5.92 Å². The van der Waals surface area contributed by atoms with Crippen molar-refractivity contribution in [2.24, 2.45) is 5.92 Å². The highest BCUT2D eigenvalue weighted by atomic mass is 16.5. The van der Waals surface area contributed by atoms with Crippen LogP contribution in [0.4, 0.5) is 0 Å². The highest BCUT2D eigenvalue weighted by Gasteiger charge is 2.45. The molecule has 0 aromatic carbocycles. The third kappa shape index (κ3) is 13.1. The second kappa shape index (κ2) is 20.2. The molecule has 266 valence electrons. The summed E-state index contributed by atoms with van der Waals surface area (Å²) in [6, 6.07) is 0. The smallest absolute Gasteiger partial charge is 0.0682 e. The first kappa shape index (κ1) is 43.8. The minimum Gasteiger partial charge on any atom is -0.390 e. The minimum absolute atomic E-state index is 0.149. The van der Waals surface area contributed by atoms with Crippen molar-refractivity contribution in [1.29, 1.82) is 0 Å². The zero-order valence-electron chi connectivity index (χ0n) is 31.6. The molecule has 0 fully saturated rings. The van der Waals surface area contributed by atoms with Gasteiger partial charge in [0.05, 0.1) is 53.4 Å². The number of ether oxygens (including phenoxy) is 3. The van der Waals surface area contributed by atoms with Crippen molar-refractivity contribution in [3.63, 3.8) is 0 Å². The van der Waals surface area contributed by atoms with E-state index in [2.05, 4.69) is 41.5 Å². The van der Waals surface area contributed by atoms with E-state index in [-0.39, 0.29) is 17.1 Å². The zero-order chi connectivity index (χ0) is 34.1. The first-order valence-electron chi connectivity index (χ1n) is 18.7. The molecule has 6 heteroatoms. The van der Waals surface area contributed by atoms with Gasteiger partial charge >= 0.3 is 0 Å². The van der Waals surface area contributed by atoms with Gasteiger partial charge in [0.1, 0.15) is 0 Å². The molecule has 1 atom stereocenters. The SMILES string of the molecule is CCC(O)(CC)CCOC(CC)(CC)CC(CC(CC)(CC)OCCC(O)(CC)CC)C(C)(CC)OCCC(O)(CC)CC. The molecule has 0 saturated heterocycles. The van der Waals surface area contributed by atoms with Crippen molar-refractivity contribution in [1.82, 2.24) is 0 Å². The van der Waals surface area contributed by atoms with E-state index in [1.54, 1.807) is 0 Å². The van der Waals surface area contributed by atoms with Crippen LogP contribution in [0.15, 0.2) is 0 Å². The van der Waals surface area contributed by atoms with E-state index in [0.717, 1.165) is 70.6 Å². The molecule has 0 aliphatic carbocycles. The maximum Gasteiger partial charge on any atom is 0.0682 e. The van der Waals surface area contributed by atoms with Crippen LogP contribution >= 0.6 is 0 Å². The molecule has 0 aromatic rings. The molecule has 0 rings (SSSR count). The molecule has 0 aliphatic heterocycles. The summed E-state index contributed by atoms with van der Waals surface area (Å²) in [5, 5.41) is 32.9. The molecule has 0 saturated carbocycles. The highest BCUT2D eigenvalue weighted by molar-refractivity contribution is 4.96. The van der Waals surface area contributed by atoms with Crippen LogP contribution in [0.1, 0.15) is 186 Å². The summed E-state index contributed by atoms with van der Waals surface area (Å²) in [4.78, 5) is 0. The monoisotopic (exact) mass is 631 g/mol. The van der Waals surface area contributed by atoms with Crippen molar-refractivity contribution in [3.8, 4) is 0 Å². The van der Waals surface area contributed by atoms with Crippen LogP contribution in [-0.4, -0.2) is 68.7 Å². The van der Waals surface area contributed by atoms with Crippen LogP contribution in [0.5, 0.6) is 0 Å². The summed E-state index contributed by atoms with van der Waals surface area (Å²) in [5.41, 5.74) is -3.17. The van der Waals surface area contributed by atoms with Crippen molar-refractivity contribution >= 4 is 0 Å². The molecule has 44 heavy (non-hydrogen) atoms. The van der Waals surface area contributed by atoms with Gasteiger partial charge < -0.3 is 29.5 Å². The molecule has 0 aliphatic rings. The number of hydrogen-bond acceptors (Lipinski definition) is 6. The lowest BCUT2D eigenvalue weighted by atomic mass is 9.70. The third-order valence-electron chi connectivity index (χ3n) is 12.3. The Kier molecular flexibility index (Phi) is 20.1. The van der Waals surface area contributed by atoms with Crippen LogP contribution in [0.3, 0.4) is 0 Å². The van der Waals surface area contributed by atoms with E-state index in [4.69, 9.17) is 14.2 Å². The van der Waals surface area contributed by atoms with Gasteiger partial charge in [0.25, 0.3) is 0 Å². The fourth-order valence-electron chi connectivity index (χ4n) is 6.71. The van der Waals surface area contributed by atoms with Gasteiger partial charge in [0, 0.05) is 0 Å². The van der Waals surface area contributed by atoms with Gasteiger partial charge in [-0.05, 0) is 116 Å². The Morgan fingerprint density at radius 2 is 0.682 bits per heavy atom. The van der Waals surface area contributed by atoms with E-state index in [1.807, 2.05) is 41.5 Å². The van der Waals surface area contributed by atoms with Crippen LogP contribution in [0.2, 0.25) is 0 Å². The van der Waals surface area contributed by atoms with E-state index in [9.17, 15) is 15.3 Å². The highest BCUT2D eigenvalue weighted by Crippen LogP contribution is 2.44. The molecule has 6 nitrogen and oxygen atoms in total. The van der Waals surface area contributed by atoms with Gasteiger partial charge in [-0.2, -0.15) is 0 Å². The van der Waals surface area contributed by atoms with Gasteiger partial charge in [-0.3, -0.25) is 0 Å². The van der Waals surface area contributed by atoms with Crippen molar-refractivity contribution < 1.29 is 29.5 Å². The van der Waals surface area contributed by atoms with E-state index in [1.165, 1.54) is 0 Å². The molecule has 0 bridgehead atoms. The second-order valence-electron chi connectivity index (χ2n) is 14.1. The van der Waals surface area contributed by atoms with Crippen LogP contribution in [-0.2, 0) is 14.2 Å². The van der Waals surface area contributed by atoms with Gasteiger partial charge in [0.15, 0.2) is 0 Å². The average Bonchev–Trinajstić information content (AvgIpc) is 3.06. The molecule has 0 radical (unpaired) electrons. The largest absolute Gasteiger partial charge is 0.390 e. The molecular weight excluding hydrogens is 552 g/mol. The Balaban J connectivity index is 6.43. The van der Waals surface area contributed by atoms with Gasteiger partial charge in [-0.15, -0.1) is 0 Å². The Morgan fingerprint density at radius 3 is 0.909 bits per heavy atom. The van der Waals surface area contributed by atoms with Crippen molar-refractivity contribution in [2.75, 3.05) is 19.8 Å². The second-order valence-corrected chi connectivity index (χ2v) is 14.1. The molecular formula is C38H78O6. The van der Waals surface area contributed by atoms with E-state index < -0.39 is 22.4 Å².